The number of hydrogen-bond acceptors (Lipinski definition) is 4. The Morgan fingerprint density at radius 2 is 1.65 bits per heavy atom. The van der Waals surface area contributed by atoms with E-state index in [0.717, 1.165) is 23.2 Å². The Hall–Kier alpha value is -2.78. The van der Waals surface area contributed by atoms with Gasteiger partial charge in [-0.15, -0.1) is 0 Å². The van der Waals surface area contributed by atoms with E-state index < -0.39 is 38.7 Å². The summed E-state index contributed by atoms with van der Waals surface area (Å²) < 4.78 is 41.9. The van der Waals surface area contributed by atoms with Gasteiger partial charge in [-0.3, -0.25) is 4.79 Å². The van der Waals surface area contributed by atoms with Gasteiger partial charge in [0.2, 0.25) is 15.9 Å². The number of carbonyl (C=O) groups excluding carboxylic acids is 1. The number of aromatic nitrogens is 2. The summed E-state index contributed by atoms with van der Waals surface area (Å²) in [5, 5.41) is 2.91. The van der Waals surface area contributed by atoms with Gasteiger partial charge in [-0.05, 0) is 36.1 Å². The Morgan fingerprint density at radius 3 is 2.26 bits per heavy atom. The third kappa shape index (κ3) is 5.11. The van der Waals surface area contributed by atoms with Crippen LogP contribution in [-0.2, 0) is 14.8 Å². The standard InChI is InChI=1S/C22H27FN4O3S/c1-13(2)19(21-24-16-10-6-7-11-17(16)25-21)26-22(28)20(14(3)4)27-31(29,30)18-12-8-5-9-15(18)23/h5-14,19-20,27H,1-4H3,(H,24,25)(H,26,28). The lowest BCUT2D eigenvalue weighted by Crippen LogP contribution is -2.51. The summed E-state index contributed by atoms with van der Waals surface area (Å²) in [5.74, 6) is -1.18. The van der Waals surface area contributed by atoms with Gasteiger partial charge >= 0.3 is 0 Å². The quantitative estimate of drug-likeness (QED) is 0.492. The van der Waals surface area contributed by atoms with Crippen LogP contribution in [0.1, 0.15) is 39.6 Å². The molecule has 1 heterocycles. The molecule has 2 aromatic carbocycles. The zero-order valence-electron chi connectivity index (χ0n) is 17.9. The highest BCUT2D eigenvalue weighted by molar-refractivity contribution is 7.89. The van der Waals surface area contributed by atoms with Gasteiger partial charge in [0.15, 0.2) is 0 Å². The third-order valence-electron chi connectivity index (χ3n) is 5.02. The Kier molecular flexibility index (Phi) is 6.76. The molecule has 1 aromatic heterocycles. The van der Waals surface area contributed by atoms with Crippen LogP contribution in [0.15, 0.2) is 53.4 Å². The number of benzene rings is 2. The van der Waals surface area contributed by atoms with E-state index in [1.807, 2.05) is 38.1 Å². The number of hydrogen-bond donors (Lipinski definition) is 3. The van der Waals surface area contributed by atoms with Gasteiger partial charge in [0.05, 0.1) is 17.1 Å². The van der Waals surface area contributed by atoms with E-state index in [4.69, 9.17) is 0 Å². The fourth-order valence-electron chi connectivity index (χ4n) is 3.30. The minimum atomic E-state index is -4.23. The summed E-state index contributed by atoms with van der Waals surface area (Å²) in [5.41, 5.74) is 1.62. The topological polar surface area (TPSA) is 104 Å². The normalized spacial score (nSPS) is 14.2. The van der Waals surface area contributed by atoms with E-state index in [0.29, 0.717) is 5.82 Å². The molecule has 0 spiro atoms. The molecule has 2 atom stereocenters. The Labute approximate surface area is 181 Å². The number of nitrogens with one attached hydrogen (secondary N) is 3. The van der Waals surface area contributed by atoms with Gasteiger partial charge in [0.1, 0.15) is 22.6 Å². The second kappa shape index (κ2) is 9.15. The second-order valence-corrected chi connectivity index (χ2v) is 9.83. The lowest BCUT2D eigenvalue weighted by atomic mass is 10.0. The number of carbonyl (C=O) groups is 1. The molecule has 0 saturated carbocycles. The number of halogens is 1. The molecule has 166 valence electrons. The van der Waals surface area contributed by atoms with Crippen LogP contribution in [0.4, 0.5) is 4.39 Å². The molecule has 2 unspecified atom stereocenters. The molecule has 3 rings (SSSR count). The van der Waals surface area contributed by atoms with Gasteiger partial charge in [0, 0.05) is 0 Å². The number of sulfonamides is 1. The van der Waals surface area contributed by atoms with Crippen molar-refractivity contribution in [2.75, 3.05) is 0 Å². The fourth-order valence-corrected chi connectivity index (χ4v) is 4.72. The number of imidazole rings is 1. The monoisotopic (exact) mass is 446 g/mol. The first kappa shape index (κ1) is 22.9. The van der Waals surface area contributed by atoms with Crippen LogP contribution >= 0.6 is 0 Å². The van der Waals surface area contributed by atoms with Crippen molar-refractivity contribution in [2.24, 2.45) is 11.8 Å². The average Bonchev–Trinajstić information content (AvgIpc) is 3.13. The number of aromatic amines is 1. The van der Waals surface area contributed by atoms with Crippen molar-refractivity contribution in [3.63, 3.8) is 0 Å². The Morgan fingerprint density at radius 1 is 1.00 bits per heavy atom. The van der Waals surface area contributed by atoms with E-state index in [1.165, 1.54) is 12.1 Å². The van der Waals surface area contributed by atoms with E-state index >= 15 is 0 Å². The summed E-state index contributed by atoms with van der Waals surface area (Å²) in [6, 6.07) is 11.0. The highest BCUT2D eigenvalue weighted by Crippen LogP contribution is 2.23. The SMILES string of the molecule is CC(C)C(NS(=O)(=O)c1ccccc1F)C(=O)NC(c1nc2ccccc2[nH]1)C(C)C. The van der Waals surface area contributed by atoms with Gasteiger partial charge < -0.3 is 10.3 Å². The molecule has 0 saturated heterocycles. The molecule has 0 bridgehead atoms. The summed E-state index contributed by atoms with van der Waals surface area (Å²) >= 11 is 0. The van der Waals surface area contributed by atoms with Crippen molar-refractivity contribution in [3.8, 4) is 0 Å². The number of fused-ring (bicyclic) bond motifs is 1. The lowest BCUT2D eigenvalue weighted by Gasteiger charge is -2.26. The van der Waals surface area contributed by atoms with Crippen LogP contribution in [0.25, 0.3) is 11.0 Å². The largest absolute Gasteiger partial charge is 0.344 e. The van der Waals surface area contributed by atoms with E-state index in [1.54, 1.807) is 13.8 Å². The van der Waals surface area contributed by atoms with Crippen molar-refractivity contribution in [2.45, 2.75) is 44.7 Å². The van der Waals surface area contributed by atoms with Crippen LogP contribution in [0, 0.1) is 17.7 Å². The average molecular weight is 447 g/mol. The van der Waals surface area contributed by atoms with Gasteiger partial charge in [-0.1, -0.05) is 52.0 Å². The van der Waals surface area contributed by atoms with Gasteiger partial charge in [-0.2, -0.15) is 4.72 Å². The van der Waals surface area contributed by atoms with Crippen molar-refractivity contribution in [1.82, 2.24) is 20.0 Å². The van der Waals surface area contributed by atoms with Crippen molar-refractivity contribution < 1.29 is 17.6 Å². The zero-order valence-corrected chi connectivity index (χ0v) is 18.7. The number of amides is 1. The highest BCUT2D eigenvalue weighted by Gasteiger charge is 2.32. The second-order valence-electron chi connectivity index (χ2n) is 8.14. The predicted octanol–water partition coefficient (Wildman–Crippen LogP) is 3.52. The van der Waals surface area contributed by atoms with Crippen LogP contribution in [0.3, 0.4) is 0 Å². The number of para-hydroxylation sites is 2. The molecule has 31 heavy (non-hydrogen) atoms. The first-order valence-electron chi connectivity index (χ1n) is 10.1. The first-order chi connectivity index (χ1) is 14.6. The molecular weight excluding hydrogens is 419 g/mol. The molecule has 3 N–H and O–H groups in total. The maximum atomic E-state index is 14.0. The molecular formula is C22H27FN4O3S. The van der Waals surface area contributed by atoms with Gasteiger partial charge in [0.25, 0.3) is 0 Å². The Bertz CT molecular complexity index is 1140. The predicted molar refractivity (Wildman–Crippen MR) is 117 cm³/mol. The first-order valence-corrected chi connectivity index (χ1v) is 11.6. The molecule has 0 aliphatic rings. The van der Waals surface area contributed by atoms with E-state index in [2.05, 4.69) is 20.0 Å². The van der Waals surface area contributed by atoms with E-state index in [-0.39, 0.29) is 11.8 Å². The Balaban J connectivity index is 1.85. The van der Waals surface area contributed by atoms with Crippen LogP contribution < -0.4 is 10.0 Å². The maximum Gasteiger partial charge on any atom is 0.244 e. The van der Waals surface area contributed by atoms with Crippen LogP contribution in [-0.4, -0.2) is 30.3 Å². The van der Waals surface area contributed by atoms with Gasteiger partial charge in [-0.25, -0.2) is 17.8 Å². The van der Waals surface area contributed by atoms with Crippen LogP contribution in [0.2, 0.25) is 0 Å². The van der Waals surface area contributed by atoms with Crippen molar-refractivity contribution in [3.05, 3.63) is 60.2 Å². The summed E-state index contributed by atoms with van der Waals surface area (Å²) in [6.45, 7) is 7.32. The minimum absolute atomic E-state index is 0.0134. The molecule has 0 aliphatic heterocycles. The summed E-state index contributed by atoms with van der Waals surface area (Å²) in [7, 11) is -4.23. The number of H-pyrrole nitrogens is 1. The van der Waals surface area contributed by atoms with Crippen molar-refractivity contribution in [1.29, 1.82) is 0 Å². The number of rotatable bonds is 8. The third-order valence-corrected chi connectivity index (χ3v) is 6.50. The van der Waals surface area contributed by atoms with Crippen LogP contribution in [0.5, 0.6) is 0 Å². The molecule has 1 amide bonds. The molecule has 0 fully saturated rings. The highest BCUT2D eigenvalue weighted by atomic mass is 32.2. The minimum Gasteiger partial charge on any atom is -0.344 e. The lowest BCUT2D eigenvalue weighted by molar-refractivity contribution is -0.124. The number of nitrogens with zero attached hydrogens (tertiary/aromatic N) is 1. The molecule has 3 aromatic rings. The zero-order chi connectivity index (χ0) is 22.8. The fraction of sp³-hybridized carbons (Fsp3) is 0.364. The smallest absolute Gasteiger partial charge is 0.244 e. The molecule has 9 heteroatoms. The summed E-state index contributed by atoms with van der Waals surface area (Å²) in [6.07, 6.45) is 0. The molecule has 0 aliphatic carbocycles. The summed E-state index contributed by atoms with van der Waals surface area (Å²) in [4.78, 5) is 20.4. The van der Waals surface area contributed by atoms with Crippen molar-refractivity contribution >= 4 is 27.0 Å². The maximum absolute atomic E-state index is 14.0. The molecule has 0 radical (unpaired) electrons. The molecule has 7 nitrogen and oxygen atoms in total. The van der Waals surface area contributed by atoms with E-state index in [9.17, 15) is 17.6 Å².